The summed E-state index contributed by atoms with van der Waals surface area (Å²) < 4.78 is 32.1. The van der Waals surface area contributed by atoms with E-state index in [1.807, 2.05) is 6.92 Å². The molecule has 0 spiro atoms. The van der Waals surface area contributed by atoms with Gasteiger partial charge in [0.15, 0.2) is 6.10 Å². The molecule has 29 heavy (non-hydrogen) atoms. The summed E-state index contributed by atoms with van der Waals surface area (Å²) in [5.74, 6) is -1.01. The number of aromatic nitrogens is 1. The van der Waals surface area contributed by atoms with Crippen molar-refractivity contribution in [3.63, 3.8) is 0 Å². The third-order valence-electron chi connectivity index (χ3n) is 3.90. The number of esters is 1. The summed E-state index contributed by atoms with van der Waals surface area (Å²) in [6.07, 6.45) is 0.0763. The van der Waals surface area contributed by atoms with Crippen LogP contribution in [0.5, 0.6) is 0 Å². The van der Waals surface area contributed by atoms with Gasteiger partial charge in [-0.3, -0.25) is 9.59 Å². The molecule has 156 valence electrons. The number of aryl methyl sites for hydroxylation is 2. The number of carbonyl (C=O) groups excluding carboxylic acids is 2. The van der Waals surface area contributed by atoms with Crippen molar-refractivity contribution in [1.82, 2.24) is 9.71 Å². The number of hydrogen-bond acceptors (Lipinski definition) is 6. The van der Waals surface area contributed by atoms with Crippen LogP contribution in [0.3, 0.4) is 0 Å². The second-order valence-corrected chi connectivity index (χ2v) is 8.57. The van der Waals surface area contributed by atoms with Crippen molar-refractivity contribution < 1.29 is 22.7 Å². The van der Waals surface area contributed by atoms with E-state index >= 15 is 0 Å². The third-order valence-corrected chi connectivity index (χ3v) is 5.74. The zero-order chi connectivity index (χ0) is 21.6. The second kappa shape index (κ2) is 9.82. The first-order valence-corrected chi connectivity index (χ1v) is 10.6. The van der Waals surface area contributed by atoms with Crippen molar-refractivity contribution in [3.05, 3.63) is 52.7 Å². The second-order valence-electron chi connectivity index (χ2n) is 6.40. The smallest absolute Gasteiger partial charge is 0.307 e. The highest BCUT2D eigenvalue weighted by Gasteiger charge is 2.20. The van der Waals surface area contributed by atoms with Gasteiger partial charge in [-0.2, -0.15) is 0 Å². The molecule has 8 nitrogen and oxygen atoms in total. The minimum atomic E-state index is -3.75. The van der Waals surface area contributed by atoms with E-state index in [1.165, 1.54) is 25.3 Å². The van der Waals surface area contributed by atoms with Gasteiger partial charge >= 0.3 is 5.97 Å². The lowest BCUT2D eigenvalue weighted by molar-refractivity contribution is -0.152. The van der Waals surface area contributed by atoms with E-state index in [4.69, 9.17) is 16.3 Å². The highest BCUT2D eigenvalue weighted by atomic mass is 35.5. The van der Waals surface area contributed by atoms with Crippen LogP contribution < -0.4 is 10.0 Å². The molecule has 0 aliphatic carbocycles. The Kier molecular flexibility index (Phi) is 7.72. The Labute approximate surface area is 174 Å². The first-order valence-electron chi connectivity index (χ1n) is 8.77. The van der Waals surface area contributed by atoms with E-state index in [9.17, 15) is 18.0 Å². The molecule has 0 saturated heterocycles. The number of benzene rings is 1. The average Bonchev–Trinajstić information content (AvgIpc) is 2.63. The Hall–Kier alpha value is -2.49. The van der Waals surface area contributed by atoms with Crippen LogP contribution in [0.25, 0.3) is 0 Å². The Bertz CT molecular complexity index is 993. The molecule has 10 heteroatoms. The van der Waals surface area contributed by atoms with Gasteiger partial charge in [0.1, 0.15) is 5.82 Å². The van der Waals surface area contributed by atoms with Crippen LogP contribution in [-0.4, -0.2) is 37.9 Å². The van der Waals surface area contributed by atoms with Crippen molar-refractivity contribution in [2.45, 2.75) is 38.2 Å². The molecular formula is C19H22ClN3O5S. The Morgan fingerprint density at radius 1 is 1.21 bits per heavy atom. The minimum Gasteiger partial charge on any atom is -0.452 e. The van der Waals surface area contributed by atoms with Crippen molar-refractivity contribution in [3.8, 4) is 0 Å². The van der Waals surface area contributed by atoms with E-state index in [-0.39, 0.29) is 23.7 Å². The van der Waals surface area contributed by atoms with Crippen LogP contribution in [0.1, 0.15) is 24.5 Å². The third kappa shape index (κ3) is 6.81. The van der Waals surface area contributed by atoms with Gasteiger partial charge in [-0.05, 0) is 44.5 Å². The van der Waals surface area contributed by atoms with Crippen LogP contribution in [0.4, 0.5) is 5.82 Å². The number of pyridine rings is 1. The van der Waals surface area contributed by atoms with Crippen LogP contribution in [0.15, 0.2) is 41.4 Å². The Morgan fingerprint density at radius 2 is 1.93 bits per heavy atom. The van der Waals surface area contributed by atoms with E-state index in [1.54, 1.807) is 25.1 Å². The maximum absolute atomic E-state index is 12.4. The maximum Gasteiger partial charge on any atom is 0.307 e. The Balaban J connectivity index is 1.82. The number of sulfonamides is 1. The SMILES string of the molecule is Cc1ccc(S(=O)(=O)NCCC(=O)OC(C)C(=O)Nc2ccc(Cl)cn2)c(C)c1. The largest absolute Gasteiger partial charge is 0.452 e. The van der Waals surface area contributed by atoms with E-state index in [2.05, 4.69) is 15.0 Å². The highest BCUT2D eigenvalue weighted by molar-refractivity contribution is 7.89. The van der Waals surface area contributed by atoms with Gasteiger partial charge in [0.25, 0.3) is 5.91 Å². The molecule has 2 rings (SSSR count). The Morgan fingerprint density at radius 3 is 2.55 bits per heavy atom. The summed E-state index contributed by atoms with van der Waals surface area (Å²) >= 11 is 5.72. The number of halogens is 1. The first-order chi connectivity index (χ1) is 13.6. The molecule has 1 heterocycles. The van der Waals surface area contributed by atoms with E-state index in [0.29, 0.717) is 10.6 Å². The van der Waals surface area contributed by atoms with Crippen molar-refractivity contribution >= 4 is 39.3 Å². The molecule has 1 atom stereocenters. The number of nitrogens with zero attached hydrogens (tertiary/aromatic N) is 1. The molecule has 1 amide bonds. The normalized spacial score (nSPS) is 12.3. The van der Waals surface area contributed by atoms with Crippen molar-refractivity contribution in [2.24, 2.45) is 0 Å². The first kappa shape index (κ1) is 22.8. The number of rotatable bonds is 8. The van der Waals surface area contributed by atoms with Gasteiger partial charge in [0.05, 0.1) is 16.3 Å². The predicted molar refractivity (Wildman–Crippen MR) is 109 cm³/mol. The molecule has 1 unspecified atom stereocenters. The standard InChI is InChI=1S/C19H22ClN3O5S/c1-12-4-6-16(13(2)10-12)29(26,27)22-9-8-18(24)28-14(3)19(25)23-17-7-5-15(20)11-21-17/h4-7,10-11,14,22H,8-9H2,1-3H3,(H,21,23,25). The van der Waals surface area contributed by atoms with Gasteiger partial charge in [-0.15, -0.1) is 0 Å². The molecule has 0 bridgehead atoms. The van der Waals surface area contributed by atoms with Crippen LogP contribution >= 0.6 is 11.6 Å². The minimum absolute atomic E-state index is 0.151. The lowest BCUT2D eigenvalue weighted by Gasteiger charge is -2.14. The molecule has 1 aromatic carbocycles. The van der Waals surface area contributed by atoms with Gasteiger partial charge in [-0.25, -0.2) is 18.1 Å². The van der Waals surface area contributed by atoms with Crippen LogP contribution in [-0.2, 0) is 24.3 Å². The molecule has 2 N–H and O–H groups in total. The highest BCUT2D eigenvalue weighted by Crippen LogP contribution is 2.16. The summed E-state index contributed by atoms with van der Waals surface area (Å²) in [4.78, 5) is 28.0. The molecular weight excluding hydrogens is 418 g/mol. The topological polar surface area (TPSA) is 114 Å². The fourth-order valence-electron chi connectivity index (χ4n) is 2.45. The van der Waals surface area contributed by atoms with Crippen molar-refractivity contribution in [1.29, 1.82) is 0 Å². The van der Waals surface area contributed by atoms with E-state index in [0.717, 1.165) is 5.56 Å². The summed E-state index contributed by atoms with van der Waals surface area (Å²) in [7, 11) is -3.75. The number of anilines is 1. The quantitative estimate of drug-likeness (QED) is 0.611. The molecule has 2 aromatic rings. The summed E-state index contributed by atoms with van der Waals surface area (Å²) in [5, 5.41) is 2.91. The lowest BCUT2D eigenvalue weighted by atomic mass is 10.2. The van der Waals surface area contributed by atoms with Crippen LogP contribution in [0, 0.1) is 13.8 Å². The predicted octanol–water partition coefficient (Wildman–Crippen LogP) is 2.59. The maximum atomic E-state index is 12.4. The zero-order valence-electron chi connectivity index (χ0n) is 16.2. The van der Waals surface area contributed by atoms with Crippen LogP contribution in [0.2, 0.25) is 5.02 Å². The summed E-state index contributed by atoms with van der Waals surface area (Å²) in [5.41, 5.74) is 1.56. The molecule has 1 aromatic heterocycles. The molecule has 0 aliphatic rings. The summed E-state index contributed by atoms with van der Waals surface area (Å²) in [6, 6.07) is 8.05. The van der Waals surface area contributed by atoms with Gasteiger partial charge < -0.3 is 10.1 Å². The van der Waals surface area contributed by atoms with E-state index < -0.39 is 28.0 Å². The molecule has 0 radical (unpaired) electrons. The van der Waals surface area contributed by atoms with Crippen molar-refractivity contribution in [2.75, 3.05) is 11.9 Å². The van der Waals surface area contributed by atoms with Gasteiger partial charge in [-0.1, -0.05) is 29.3 Å². The summed E-state index contributed by atoms with van der Waals surface area (Å²) in [6.45, 7) is 4.82. The number of ether oxygens (including phenoxy) is 1. The molecule has 0 aliphatic heterocycles. The lowest BCUT2D eigenvalue weighted by Crippen LogP contribution is -2.32. The number of carbonyl (C=O) groups is 2. The number of amides is 1. The average molecular weight is 440 g/mol. The van der Waals surface area contributed by atoms with Gasteiger partial charge in [0.2, 0.25) is 10.0 Å². The fraction of sp³-hybridized carbons (Fsp3) is 0.316. The molecule has 0 saturated carbocycles. The number of hydrogen-bond donors (Lipinski definition) is 2. The zero-order valence-corrected chi connectivity index (χ0v) is 17.8. The molecule has 0 fully saturated rings. The fourth-order valence-corrected chi connectivity index (χ4v) is 3.82. The van der Waals surface area contributed by atoms with Gasteiger partial charge in [0, 0.05) is 12.7 Å². The monoisotopic (exact) mass is 439 g/mol. The number of nitrogens with one attached hydrogen (secondary N) is 2.